The number of carbonyl (C=O) groups excluding carboxylic acids is 1. The van der Waals surface area contributed by atoms with E-state index in [1.807, 2.05) is 27.0 Å². The molecule has 2 heterocycles. The molecule has 1 atom stereocenters. The number of piperidine rings is 1. The Morgan fingerprint density at radius 2 is 2.24 bits per heavy atom. The number of rotatable bonds is 5. The quantitative estimate of drug-likeness (QED) is 0.900. The lowest BCUT2D eigenvalue weighted by molar-refractivity contribution is 0.0600. The van der Waals surface area contributed by atoms with Crippen molar-refractivity contribution >= 4 is 5.91 Å². The van der Waals surface area contributed by atoms with Crippen molar-refractivity contribution in [3.8, 4) is 0 Å². The van der Waals surface area contributed by atoms with Crippen LogP contribution in [0.1, 0.15) is 54.4 Å². The van der Waals surface area contributed by atoms with E-state index < -0.39 is 0 Å². The molecule has 0 spiro atoms. The molecule has 1 N–H and O–H groups in total. The molecule has 0 radical (unpaired) electrons. The lowest BCUT2D eigenvalue weighted by Crippen LogP contribution is -2.45. The molecule has 5 nitrogen and oxygen atoms in total. The molecule has 1 aromatic rings. The summed E-state index contributed by atoms with van der Waals surface area (Å²) in [6.07, 6.45) is 5.17. The average molecular weight is 290 g/mol. The van der Waals surface area contributed by atoms with E-state index in [0.29, 0.717) is 6.04 Å². The predicted molar refractivity (Wildman–Crippen MR) is 83.4 cm³/mol. The van der Waals surface area contributed by atoms with Gasteiger partial charge in [0.2, 0.25) is 0 Å². The minimum absolute atomic E-state index is 0.130. The van der Waals surface area contributed by atoms with Gasteiger partial charge in [0.25, 0.3) is 5.91 Å². The van der Waals surface area contributed by atoms with Gasteiger partial charge in [0, 0.05) is 12.6 Å². The van der Waals surface area contributed by atoms with Gasteiger partial charge < -0.3 is 10.2 Å². The molecule has 2 rings (SSSR count). The van der Waals surface area contributed by atoms with Gasteiger partial charge in [0.05, 0.1) is 17.0 Å². The van der Waals surface area contributed by atoms with E-state index in [1.54, 1.807) is 0 Å². The van der Waals surface area contributed by atoms with Crippen LogP contribution in [-0.4, -0.2) is 47.2 Å². The predicted octanol–water partition coefficient (Wildman–Crippen LogP) is 1.95. The molecule has 1 aliphatic heterocycles. The molecule has 0 aromatic carbocycles. The summed E-state index contributed by atoms with van der Waals surface area (Å²) in [7, 11) is 1.96. The molecule has 1 saturated heterocycles. The van der Waals surface area contributed by atoms with E-state index in [4.69, 9.17) is 0 Å². The summed E-state index contributed by atoms with van der Waals surface area (Å²) in [5, 5.41) is 11.5. The Hall–Kier alpha value is -1.49. The molecule has 0 aliphatic carbocycles. The third-order valence-corrected chi connectivity index (χ3v) is 4.17. The zero-order chi connectivity index (χ0) is 15.2. The van der Waals surface area contributed by atoms with Gasteiger partial charge in [-0.05, 0) is 58.7 Å². The van der Waals surface area contributed by atoms with Gasteiger partial charge in [0.1, 0.15) is 0 Å². The summed E-state index contributed by atoms with van der Waals surface area (Å²) in [5.74, 6) is 0.130. The molecule has 1 fully saturated rings. The lowest BCUT2D eigenvalue weighted by Gasteiger charge is -2.36. The number of aromatic nitrogens is 2. The van der Waals surface area contributed by atoms with Crippen molar-refractivity contribution in [2.24, 2.45) is 0 Å². The number of hydrogen-bond acceptors (Lipinski definition) is 4. The molecule has 5 heteroatoms. The first-order valence-corrected chi connectivity index (χ1v) is 7.96. The molecular weight excluding hydrogens is 264 g/mol. The van der Waals surface area contributed by atoms with Gasteiger partial charge >= 0.3 is 0 Å². The second-order valence-corrected chi connectivity index (χ2v) is 5.74. The maximum atomic E-state index is 12.9. The smallest absolute Gasteiger partial charge is 0.256 e. The van der Waals surface area contributed by atoms with Crippen LogP contribution in [0, 0.1) is 6.92 Å². The maximum absolute atomic E-state index is 12.9. The molecular formula is C16H26N4O. The summed E-state index contributed by atoms with van der Waals surface area (Å²) >= 11 is 0. The van der Waals surface area contributed by atoms with Gasteiger partial charge in [-0.15, -0.1) is 0 Å². The summed E-state index contributed by atoms with van der Waals surface area (Å²) in [4.78, 5) is 15.0. The van der Waals surface area contributed by atoms with Crippen LogP contribution < -0.4 is 5.32 Å². The Bertz CT molecular complexity index is 489. The molecule has 0 saturated carbocycles. The standard InChI is InChI=1S/C16H26N4O/c1-4-15-14(11-12(2)18-19-15)16(21)20-10-6-5-7-13(20)8-9-17-3/h11,13,17H,4-10H2,1-3H3. The number of hydrogen-bond donors (Lipinski definition) is 1. The fourth-order valence-corrected chi connectivity index (χ4v) is 2.99. The Balaban J connectivity index is 2.22. The molecule has 1 amide bonds. The fourth-order valence-electron chi connectivity index (χ4n) is 2.99. The van der Waals surface area contributed by atoms with Crippen LogP contribution in [0.3, 0.4) is 0 Å². The van der Waals surface area contributed by atoms with Gasteiger partial charge in [-0.2, -0.15) is 10.2 Å². The van der Waals surface area contributed by atoms with Crippen LogP contribution in [0.15, 0.2) is 6.07 Å². The van der Waals surface area contributed by atoms with Crippen LogP contribution in [0.5, 0.6) is 0 Å². The number of carbonyl (C=O) groups is 1. The van der Waals surface area contributed by atoms with Crippen molar-refractivity contribution in [2.75, 3.05) is 20.1 Å². The van der Waals surface area contributed by atoms with E-state index >= 15 is 0 Å². The zero-order valence-corrected chi connectivity index (χ0v) is 13.4. The Morgan fingerprint density at radius 1 is 1.43 bits per heavy atom. The molecule has 0 bridgehead atoms. The Labute approximate surface area is 127 Å². The van der Waals surface area contributed by atoms with Gasteiger partial charge in [0.15, 0.2) is 0 Å². The van der Waals surface area contributed by atoms with E-state index in [0.717, 1.165) is 55.7 Å². The van der Waals surface area contributed by atoms with Crippen LogP contribution >= 0.6 is 0 Å². The van der Waals surface area contributed by atoms with Gasteiger partial charge in [-0.1, -0.05) is 6.92 Å². The van der Waals surface area contributed by atoms with Crippen LogP contribution in [-0.2, 0) is 6.42 Å². The van der Waals surface area contributed by atoms with Crippen LogP contribution in [0.4, 0.5) is 0 Å². The van der Waals surface area contributed by atoms with E-state index in [2.05, 4.69) is 20.4 Å². The molecule has 1 unspecified atom stereocenters. The topological polar surface area (TPSA) is 58.1 Å². The average Bonchev–Trinajstić information content (AvgIpc) is 2.52. The summed E-state index contributed by atoms with van der Waals surface area (Å²) in [6, 6.07) is 2.23. The number of amides is 1. The minimum atomic E-state index is 0.130. The van der Waals surface area contributed by atoms with E-state index in [9.17, 15) is 4.79 Å². The highest BCUT2D eigenvalue weighted by molar-refractivity contribution is 5.95. The summed E-state index contributed by atoms with van der Waals surface area (Å²) in [6.45, 7) is 5.71. The number of nitrogens with zero attached hydrogens (tertiary/aromatic N) is 3. The third-order valence-electron chi connectivity index (χ3n) is 4.17. The second-order valence-electron chi connectivity index (χ2n) is 5.74. The van der Waals surface area contributed by atoms with E-state index in [1.165, 1.54) is 6.42 Å². The van der Waals surface area contributed by atoms with Crippen molar-refractivity contribution in [2.45, 2.75) is 52.0 Å². The lowest BCUT2D eigenvalue weighted by atomic mass is 9.97. The van der Waals surface area contributed by atoms with Crippen molar-refractivity contribution in [1.29, 1.82) is 0 Å². The van der Waals surface area contributed by atoms with Crippen LogP contribution in [0.2, 0.25) is 0 Å². The Kier molecular flexibility index (Phi) is 5.67. The highest BCUT2D eigenvalue weighted by Gasteiger charge is 2.28. The highest BCUT2D eigenvalue weighted by Crippen LogP contribution is 2.23. The highest BCUT2D eigenvalue weighted by atomic mass is 16.2. The normalized spacial score (nSPS) is 18.8. The SMILES string of the molecule is CCc1nnc(C)cc1C(=O)N1CCCCC1CCNC. The minimum Gasteiger partial charge on any atom is -0.336 e. The van der Waals surface area contributed by atoms with Crippen molar-refractivity contribution in [3.05, 3.63) is 23.0 Å². The monoisotopic (exact) mass is 290 g/mol. The first-order chi connectivity index (χ1) is 10.2. The fraction of sp³-hybridized carbons (Fsp3) is 0.688. The van der Waals surface area contributed by atoms with Crippen LogP contribution in [0.25, 0.3) is 0 Å². The summed E-state index contributed by atoms with van der Waals surface area (Å²) in [5.41, 5.74) is 2.35. The number of likely N-dealkylation sites (tertiary alicyclic amines) is 1. The van der Waals surface area contributed by atoms with Crippen molar-refractivity contribution in [3.63, 3.8) is 0 Å². The number of aryl methyl sites for hydroxylation is 2. The molecule has 21 heavy (non-hydrogen) atoms. The molecule has 116 valence electrons. The Morgan fingerprint density at radius 3 is 2.95 bits per heavy atom. The summed E-state index contributed by atoms with van der Waals surface area (Å²) < 4.78 is 0. The molecule has 1 aromatic heterocycles. The van der Waals surface area contributed by atoms with E-state index in [-0.39, 0.29) is 5.91 Å². The number of nitrogens with one attached hydrogen (secondary N) is 1. The molecule has 1 aliphatic rings. The van der Waals surface area contributed by atoms with Crippen molar-refractivity contribution < 1.29 is 4.79 Å². The van der Waals surface area contributed by atoms with Gasteiger partial charge in [-0.3, -0.25) is 4.79 Å². The first-order valence-electron chi connectivity index (χ1n) is 7.96. The maximum Gasteiger partial charge on any atom is 0.256 e. The third kappa shape index (κ3) is 3.79. The largest absolute Gasteiger partial charge is 0.336 e. The second kappa shape index (κ2) is 7.50. The zero-order valence-electron chi connectivity index (χ0n) is 13.4. The van der Waals surface area contributed by atoms with Gasteiger partial charge in [-0.25, -0.2) is 0 Å². The van der Waals surface area contributed by atoms with Crippen molar-refractivity contribution in [1.82, 2.24) is 20.4 Å². The first kappa shape index (κ1) is 15.9.